The molecule has 3 heterocycles. The molecule has 0 unspecified atom stereocenters. The SMILES string of the molecule is Cl.O=C(CCCCCCNC(=O)c1ccc(/C=C2\CCn3c2nc2cc(NCCCN4CCCC4)c(F)cc2c3=O)cc1)NO. The molecule has 0 bridgehead atoms. The maximum Gasteiger partial charge on any atom is 0.261 e. The predicted octanol–water partition coefficient (Wildman–Crippen LogP) is 4.99. The fraction of sp³-hybridized carbons (Fsp3) is 0.455. The number of hydroxylamine groups is 1. The zero-order valence-electron chi connectivity index (χ0n) is 25.4. The number of halogens is 2. The van der Waals surface area contributed by atoms with E-state index in [-0.39, 0.29) is 41.6 Å². The van der Waals surface area contributed by atoms with Crippen LogP contribution < -0.4 is 21.7 Å². The van der Waals surface area contributed by atoms with E-state index < -0.39 is 5.82 Å². The number of fused-ring (bicyclic) bond motifs is 2. The number of nitrogens with zero attached hydrogens (tertiary/aromatic N) is 3. The van der Waals surface area contributed by atoms with Gasteiger partial charge in [0.1, 0.15) is 11.6 Å². The first-order valence-corrected chi connectivity index (χ1v) is 15.7. The Morgan fingerprint density at radius 3 is 2.49 bits per heavy atom. The summed E-state index contributed by atoms with van der Waals surface area (Å²) in [6.45, 7) is 4.94. The Bertz CT molecular complexity index is 1570. The highest BCUT2D eigenvalue weighted by atomic mass is 35.5. The molecule has 2 aromatic carbocycles. The summed E-state index contributed by atoms with van der Waals surface area (Å²) >= 11 is 0. The van der Waals surface area contributed by atoms with Crippen LogP contribution in [0.5, 0.6) is 0 Å². The second kappa shape index (κ2) is 16.5. The van der Waals surface area contributed by atoms with Gasteiger partial charge in [0.15, 0.2) is 0 Å². The lowest BCUT2D eigenvalue weighted by molar-refractivity contribution is -0.129. The third kappa shape index (κ3) is 8.90. The van der Waals surface area contributed by atoms with Crippen molar-refractivity contribution in [2.45, 2.75) is 64.3 Å². The van der Waals surface area contributed by atoms with Gasteiger partial charge in [-0.2, -0.15) is 0 Å². The molecule has 0 atom stereocenters. The van der Waals surface area contributed by atoms with Gasteiger partial charge in [-0.25, -0.2) is 14.9 Å². The predicted molar refractivity (Wildman–Crippen MR) is 176 cm³/mol. The number of rotatable bonds is 14. The fourth-order valence-electron chi connectivity index (χ4n) is 5.90. The molecule has 242 valence electrons. The first-order valence-electron chi connectivity index (χ1n) is 15.7. The minimum absolute atomic E-state index is 0. The van der Waals surface area contributed by atoms with Crippen molar-refractivity contribution in [3.8, 4) is 0 Å². The van der Waals surface area contributed by atoms with Crippen molar-refractivity contribution >= 4 is 52.5 Å². The number of likely N-dealkylation sites (tertiary alicyclic amines) is 1. The summed E-state index contributed by atoms with van der Waals surface area (Å²) in [5.74, 6) is -0.388. The van der Waals surface area contributed by atoms with Crippen LogP contribution in [0.25, 0.3) is 22.6 Å². The van der Waals surface area contributed by atoms with E-state index in [9.17, 15) is 18.8 Å². The molecular formula is C33H42ClFN6O4. The number of nitrogens with one attached hydrogen (secondary N) is 3. The summed E-state index contributed by atoms with van der Waals surface area (Å²) in [7, 11) is 0. The molecule has 0 spiro atoms. The monoisotopic (exact) mass is 640 g/mol. The third-order valence-electron chi connectivity index (χ3n) is 8.35. The number of benzene rings is 2. The number of anilines is 1. The Labute approximate surface area is 268 Å². The lowest BCUT2D eigenvalue weighted by atomic mass is 10.1. The number of unbranched alkanes of at least 4 members (excludes halogenated alkanes) is 3. The molecule has 2 amide bonds. The van der Waals surface area contributed by atoms with E-state index in [1.165, 1.54) is 18.9 Å². The maximum absolute atomic E-state index is 14.9. The number of hydrogen-bond acceptors (Lipinski definition) is 7. The number of allylic oxidation sites excluding steroid dienone is 1. The molecule has 3 aromatic rings. The number of hydrogen-bond donors (Lipinski definition) is 4. The van der Waals surface area contributed by atoms with Crippen molar-refractivity contribution in [1.82, 2.24) is 25.2 Å². The van der Waals surface area contributed by atoms with Gasteiger partial charge in [0, 0.05) is 31.6 Å². The van der Waals surface area contributed by atoms with Gasteiger partial charge in [-0.3, -0.25) is 24.2 Å². The Kier molecular flexibility index (Phi) is 12.5. The van der Waals surface area contributed by atoms with Crippen LogP contribution in [0.15, 0.2) is 41.2 Å². The highest BCUT2D eigenvalue weighted by molar-refractivity contribution is 5.94. The summed E-state index contributed by atoms with van der Waals surface area (Å²) in [5, 5.41) is 14.9. The number of carbonyl (C=O) groups is 2. The van der Waals surface area contributed by atoms with Crippen LogP contribution >= 0.6 is 12.4 Å². The van der Waals surface area contributed by atoms with Crippen LogP contribution in [0.1, 0.15) is 79.5 Å². The van der Waals surface area contributed by atoms with Crippen LogP contribution in [0.4, 0.5) is 10.1 Å². The van der Waals surface area contributed by atoms with Crippen LogP contribution in [-0.2, 0) is 11.3 Å². The van der Waals surface area contributed by atoms with Gasteiger partial charge < -0.3 is 15.5 Å². The molecule has 4 N–H and O–H groups in total. The molecule has 0 saturated carbocycles. The van der Waals surface area contributed by atoms with E-state index in [2.05, 4.69) is 15.5 Å². The smallest absolute Gasteiger partial charge is 0.261 e. The van der Waals surface area contributed by atoms with Crippen LogP contribution in [-0.4, -0.2) is 64.2 Å². The van der Waals surface area contributed by atoms with Crippen molar-refractivity contribution < 1.29 is 19.2 Å². The summed E-state index contributed by atoms with van der Waals surface area (Å²) in [6, 6.07) is 10.2. The number of amides is 2. The van der Waals surface area contributed by atoms with Gasteiger partial charge in [0.2, 0.25) is 5.91 Å². The van der Waals surface area contributed by atoms with Gasteiger partial charge in [-0.15, -0.1) is 12.4 Å². The summed E-state index contributed by atoms with van der Waals surface area (Å²) in [4.78, 5) is 44.0. The fourth-order valence-corrected chi connectivity index (χ4v) is 5.90. The molecule has 10 nitrogen and oxygen atoms in total. The molecule has 0 aliphatic carbocycles. The van der Waals surface area contributed by atoms with Crippen LogP contribution in [0.3, 0.4) is 0 Å². The highest BCUT2D eigenvalue weighted by Gasteiger charge is 2.22. The Morgan fingerprint density at radius 1 is 0.978 bits per heavy atom. The summed E-state index contributed by atoms with van der Waals surface area (Å²) in [5.41, 5.74) is 4.59. The normalized spacial score (nSPS) is 15.2. The summed E-state index contributed by atoms with van der Waals surface area (Å²) in [6.07, 6.45) is 9.54. The van der Waals surface area contributed by atoms with Crippen molar-refractivity contribution in [3.63, 3.8) is 0 Å². The van der Waals surface area contributed by atoms with E-state index >= 15 is 0 Å². The van der Waals surface area contributed by atoms with Crippen LogP contribution in [0.2, 0.25) is 0 Å². The topological polar surface area (TPSA) is 129 Å². The van der Waals surface area contributed by atoms with E-state index in [1.807, 2.05) is 18.2 Å². The lowest BCUT2D eigenvalue weighted by Gasteiger charge is -2.15. The highest BCUT2D eigenvalue weighted by Crippen LogP contribution is 2.29. The molecule has 2 aliphatic heterocycles. The largest absolute Gasteiger partial charge is 0.383 e. The maximum atomic E-state index is 14.9. The van der Waals surface area contributed by atoms with Gasteiger partial charge in [-0.05, 0) is 99.6 Å². The van der Waals surface area contributed by atoms with E-state index in [1.54, 1.807) is 28.2 Å². The minimum Gasteiger partial charge on any atom is -0.383 e. The Hall–Kier alpha value is -3.80. The Morgan fingerprint density at radius 2 is 1.73 bits per heavy atom. The molecule has 1 fully saturated rings. The summed E-state index contributed by atoms with van der Waals surface area (Å²) < 4.78 is 16.5. The zero-order chi connectivity index (χ0) is 30.9. The van der Waals surface area contributed by atoms with Crippen molar-refractivity contribution in [2.75, 3.05) is 38.0 Å². The molecule has 45 heavy (non-hydrogen) atoms. The molecule has 2 aliphatic rings. The van der Waals surface area contributed by atoms with Gasteiger partial charge in [-0.1, -0.05) is 25.0 Å². The quantitative estimate of drug-likeness (QED) is 0.111. The number of carbonyl (C=O) groups excluding carboxylic acids is 2. The molecular weight excluding hydrogens is 599 g/mol. The van der Waals surface area contributed by atoms with Gasteiger partial charge >= 0.3 is 0 Å². The third-order valence-corrected chi connectivity index (χ3v) is 8.35. The van der Waals surface area contributed by atoms with Gasteiger partial charge in [0.25, 0.3) is 11.5 Å². The minimum atomic E-state index is -0.444. The van der Waals surface area contributed by atoms with Crippen molar-refractivity contribution in [3.05, 3.63) is 69.5 Å². The zero-order valence-corrected chi connectivity index (χ0v) is 26.3. The first-order chi connectivity index (χ1) is 21.4. The lowest BCUT2D eigenvalue weighted by Crippen LogP contribution is -2.24. The second-order valence-electron chi connectivity index (χ2n) is 11.6. The molecule has 12 heteroatoms. The van der Waals surface area contributed by atoms with E-state index in [4.69, 9.17) is 10.2 Å². The van der Waals surface area contributed by atoms with Crippen molar-refractivity contribution in [1.29, 1.82) is 0 Å². The van der Waals surface area contributed by atoms with E-state index in [0.29, 0.717) is 55.1 Å². The van der Waals surface area contributed by atoms with Crippen molar-refractivity contribution in [2.24, 2.45) is 0 Å². The standard InChI is InChI=1S/C33H41FN6O4.ClH/c34-27-21-26-28(22-29(27)35-15-7-18-39-16-5-6-17-39)37-31-25(13-19-40(31)33(26)43)20-23-9-11-24(12-10-23)32(42)36-14-4-2-1-3-8-30(41)38-44;/h9-12,20-22,35,44H,1-8,13-19H2,(H,36,42)(H,38,41);1H/b25-20+;. The molecule has 1 saturated heterocycles. The number of aromatic nitrogens is 2. The van der Waals surface area contributed by atoms with Gasteiger partial charge in [0.05, 0.1) is 16.6 Å². The molecule has 5 rings (SSSR count). The van der Waals surface area contributed by atoms with E-state index in [0.717, 1.165) is 56.5 Å². The average Bonchev–Trinajstić information content (AvgIpc) is 3.70. The second-order valence-corrected chi connectivity index (χ2v) is 11.6. The molecule has 1 aromatic heterocycles. The Balaban J connectivity index is 0.00000461. The van der Waals surface area contributed by atoms with Crippen LogP contribution in [0, 0.1) is 5.82 Å². The average molecular weight is 641 g/mol. The molecule has 0 radical (unpaired) electrons. The first kappa shape index (κ1) is 34.1.